The third-order valence-corrected chi connectivity index (χ3v) is 8.37. The second kappa shape index (κ2) is 8.70. The zero-order valence-corrected chi connectivity index (χ0v) is 18.3. The summed E-state index contributed by atoms with van der Waals surface area (Å²) in [4.78, 5) is 11.1. The van der Waals surface area contributed by atoms with Gasteiger partial charge in [0.05, 0.1) is 22.3 Å². The molecule has 3 aromatic rings. The Morgan fingerprint density at radius 2 is 1.71 bits per heavy atom. The van der Waals surface area contributed by atoms with Crippen LogP contribution in [0, 0.1) is 10.1 Å². The average molecular weight is 457 g/mol. The molecule has 0 aliphatic carbocycles. The molecule has 0 aromatic heterocycles. The van der Waals surface area contributed by atoms with Gasteiger partial charge in [-0.05, 0) is 34.9 Å². The minimum absolute atomic E-state index is 0.141. The molecule has 1 atom stereocenters. The third kappa shape index (κ3) is 4.16. The summed E-state index contributed by atoms with van der Waals surface area (Å²) in [7, 11) is -2.41. The van der Waals surface area contributed by atoms with E-state index in [1.807, 2.05) is 30.3 Å². The van der Waals surface area contributed by atoms with Crippen LogP contribution in [0.2, 0.25) is 0 Å². The molecule has 1 aliphatic rings. The normalized spacial score (nSPS) is 16.9. The SMILES string of the molecule is COc1ccc(C2SCCN2S(=O)(=O)c2ccc(-c3ccccc3)cc2)cc1[N+](=O)[O-]. The molecular formula is C22H20N2O5S2. The highest BCUT2D eigenvalue weighted by Gasteiger charge is 2.37. The van der Waals surface area contributed by atoms with Gasteiger partial charge in [-0.1, -0.05) is 48.5 Å². The van der Waals surface area contributed by atoms with Crippen molar-refractivity contribution < 1.29 is 18.1 Å². The van der Waals surface area contributed by atoms with Crippen LogP contribution in [0.1, 0.15) is 10.9 Å². The molecule has 0 bridgehead atoms. The zero-order chi connectivity index (χ0) is 22.0. The number of ether oxygens (including phenoxy) is 1. The topological polar surface area (TPSA) is 89.8 Å². The second-order valence-corrected chi connectivity index (χ2v) is 10.00. The fraction of sp³-hybridized carbons (Fsp3) is 0.182. The lowest BCUT2D eigenvalue weighted by atomic mass is 10.1. The Morgan fingerprint density at radius 3 is 2.35 bits per heavy atom. The van der Waals surface area contributed by atoms with Gasteiger partial charge in [0.2, 0.25) is 10.0 Å². The van der Waals surface area contributed by atoms with Crippen LogP contribution in [0.5, 0.6) is 5.75 Å². The number of methoxy groups -OCH3 is 1. The Hall–Kier alpha value is -2.88. The first-order chi connectivity index (χ1) is 14.9. The van der Waals surface area contributed by atoms with E-state index in [4.69, 9.17) is 4.74 Å². The summed E-state index contributed by atoms with van der Waals surface area (Å²) in [6.45, 7) is 0.331. The lowest BCUT2D eigenvalue weighted by Gasteiger charge is -2.23. The molecule has 9 heteroatoms. The van der Waals surface area contributed by atoms with Crippen LogP contribution < -0.4 is 4.74 Å². The molecule has 1 unspecified atom stereocenters. The van der Waals surface area contributed by atoms with Crippen LogP contribution in [-0.4, -0.2) is 37.1 Å². The molecule has 31 heavy (non-hydrogen) atoms. The van der Waals surface area contributed by atoms with E-state index in [9.17, 15) is 18.5 Å². The molecule has 0 spiro atoms. The lowest BCUT2D eigenvalue weighted by molar-refractivity contribution is -0.385. The van der Waals surface area contributed by atoms with E-state index in [0.717, 1.165) is 11.1 Å². The number of nitro benzene ring substituents is 1. The monoisotopic (exact) mass is 456 g/mol. The van der Waals surface area contributed by atoms with Crippen molar-refractivity contribution in [3.63, 3.8) is 0 Å². The van der Waals surface area contributed by atoms with Gasteiger partial charge in [-0.25, -0.2) is 8.42 Å². The van der Waals surface area contributed by atoms with Crippen molar-refractivity contribution in [3.8, 4) is 16.9 Å². The van der Waals surface area contributed by atoms with Gasteiger partial charge >= 0.3 is 5.69 Å². The van der Waals surface area contributed by atoms with E-state index in [-0.39, 0.29) is 16.3 Å². The highest BCUT2D eigenvalue weighted by atomic mass is 32.2. The molecule has 1 aliphatic heterocycles. The fourth-order valence-electron chi connectivity index (χ4n) is 3.55. The van der Waals surface area contributed by atoms with E-state index in [0.29, 0.717) is 17.9 Å². The minimum atomic E-state index is -3.77. The second-order valence-electron chi connectivity index (χ2n) is 6.92. The van der Waals surface area contributed by atoms with Crippen LogP contribution in [0.3, 0.4) is 0 Å². The van der Waals surface area contributed by atoms with Gasteiger partial charge in [0.1, 0.15) is 0 Å². The van der Waals surface area contributed by atoms with Gasteiger partial charge in [0.25, 0.3) is 0 Å². The van der Waals surface area contributed by atoms with Crippen molar-refractivity contribution in [3.05, 3.63) is 88.5 Å². The lowest BCUT2D eigenvalue weighted by Crippen LogP contribution is -2.30. The van der Waals surface area contributed by atoms with E-state index in [1.165, 1.54) is 35.3 Å². The predicted molar refractivity (Wildman–Crippen MR) is 121 cm³/mol. The summed E-state index contributed by atoms with van der Waals surface area (Å²) in [5, 5.41) is 10.8. The first-order valence-electron chi connectivity index (χ1n) is 9.53. The number of nitrogens with zero attached hydrogens (tertiary/aromatic N) is 2. The van der Waals surface area contributed by atoms with Gasteiger partial charge in [-0.15, -0.1) is 11.8 Å². The molecule has 1 saturated heterocycles. The molecule has 0 N–H and O–H groups in total. The summed E-state index contributed by atoms with van der Waals surface area (Å²) in [5.74, 6) is 0.744. The van der Waals surface area contributed by atoms with Crippen molar-refractivity contribution in [2.45, 2.75) is 10.3 Å². The number of nitro groups is 1. The first-order valence-corrected chi connectivity index (χ1v) is 12.0. The molecule has 4 rings (SSSR count). The Bertz CT molecular complexity index is 1200. The van der Waals surface area contributed by atoms with E-state index >= 15 is 0 Å². The Morgan fingerprint density at radius 1 is 1.03 bits per heavy atom. The maximum Gasteiger partial charge on any atom is 0.311 e. The summed E-state index contributed by atoms with van der Waals surface area (Å²) < 4.78 is 33.2. The minimum Gasteiger partial charge on any atom is -0.490 e. The molecule has 1 fully saturated rings. The fourth-order valence-corrected chi connectivity index (χ4v) is 6.78. The van der Waals surface area contributed by atoms with Crippen LogP contribution in [0.15, 0.2) is 77.7 Å². The zero-order valence-electron chi connectivity index (χ0n) is 16.7. The Balaban J connectivity index is 1.65. The van der Waals surface area contributed by atoms with E-state index < -0.39 is 20.3 Å². The summed E-state index contributed by atoms with van der Waals surface area (Å²) in [5.41, 5.74) is 2.31. The predicted octanol–water partition coefficient (Wildman–Crippen LogP) is 4.71. The summed E-state index contributed by atoms with van der Waals surface area (Å²) in [6.07, 6.45) is 0. The molecule has 0 radical (unpaired) electrons. The van der Waals surface area contributed by atoms with Gasteiger partial charge in [0.15, 0.2) is 5.75 Å². The Labute approximate surface area is 184 Å². The smallest absolute Gasteiger partial charge is 0.311 e. The van der Waals surface area contributed by atoms with Gasteiger partial charge in [-0.3, -0.25) is 10.1 Å². The van der Waals surface area contributed by atoms with E-state index in [2.05, 4.69) is 0 Å². The molecule has 160 valence electrons. The highest BCUT2D eigenvalue weighted by Crippen LogP contribution is 2.43. The molecule has 7 nitrogen and oxygen atoms in total. The molecule has 0 amide bonds. The standard InChI is InChI=1S/C22H20N2O5S2/c1-29-21-12-9-18(15-20(21)24(25)26)22-23(13-14-30-22)31(27,28)19-10-7-17(8-11-19)16-5-3-2-4-6-16/h2-12,15,22H,13-14H2,1H3. The van der Waals surface area contributed by atoms with Gasteiger partial charge < -0.3 is 4.74 Å². The molecule has 0 saturated carbocycles. The number of benzene rings is 3. The van der Waals surface area contributed by atoms with Crippen LogP contribution in [0.4, 0.5) is 5.69 Å². The molecule has 3 aromatic carbocycles. The summed E-state index contributed by atoms with van der Waals surface area (Å²) >= 11 is 1.44. The van der Waals surface area contributed by atoms with Crippen LogP contribution in [0.25, 0.3) is 11.1 Å². The maximum absolute atomic E-state index is 13.4. The van der Waals surface area contributed by atoms with E-state index in [1.54, 1.807) is 30.3 Å². The Kier molecular flexibility index (Phi) is 5.99. The van der Waals surface area contributed by atoms with Crippen molar-refractivity contribution >= 4 is 27.5 Å². The summed E-state index contributed by atoms with van der Waals surface area (Å²) in [6, 6.07) is 21.1. The first kappa shape index (κ1) is 21.4. The highest BCUT2D eigenvalue weighted by molar-refractivity contribution is 8.01. The molecule has 1 heterocycles. The van der Waals surface area contributed by atoms with Crippen molar-refractivity contribution in [2.24, 2.45) is 0 Å². The maximum atomic E-state index is 13.4. The quantitative estimate of drug-likeness (QED) is 0.394. The van der Waals surface area contributed by atoms with Gasteiger partial charge in [-0.2, -0.15) is 4.31 Å². The van der Waals surface area contributed by atoms with Crippen LogP contribution in [-0.2, 0) is 10.0 Å². The largest absolute Gasteiger partial charge is 0.490 e. The van der Waals surface area contributed by atoms with Crippen molar-refractivity contribution in [1.82, 2.24) is 4.31 Å². The molecular weight excluding hydrogens is 436 g/mol. The number of hydrogen-bond donors (Lipinski definition) is 0. The average Bonchev–Trinajstić information content (AvgIpc) is 3.30. The van der Waals surface area contributed by atoms with Crippen molar-refractivity contribution in [2.75, 3.05) is 19.4 Å². The third-order valence-electron chi connectivity index (χ3n) is 5.10. The van der Waals surface area contributed by atoms with Crippen molar-refractivity contribution in [1.29, 1.82) is 0 Å². The number of thioether (sulfide) groups is 1. The van der Waals surface area contributed by atoms with Gasteiger partial charge in [0, 0.05) is 18.4 Å². The van der Waals surface area contributed by atoms with Crippen LogP contribution >= 0.6 is 11.8 Å². The number of sulfonamides is 1. The number of rotatable bonds is 6. The number of hydrogen-bond acceptors (Lipinski definition) is 6.